The highest BCUT2D eigenvalue weighted by Gasteiger charge is 2.26. The van der Waals surface area contributed by atoms with E-state index in [4.69, 9.17) is 0 Å². The van der Waals surface area contributed by atoms with Gasteiger partial charge in [-0.1, -0.05) is 20.8 Å². The summed E-state index contributed by atoms with van der Waals surface area (Å²) in [6.07, 6.45) is 3.20. The van der Waals surface area contributed by atoms with Gasteiger partial charge in [-0.25, -0.2) is 4.98 Å². The Kier molecular flexibility index (Phi) is 3.28. The molecule has 0 radical (unpaired) electrons. The average molecular weight is 247 g/mol. The van der Waals surface area contributed by atoms with Gasteiger partial charge in [0.1, 0.15) is 5.82 Å². The van der Waals surface area contributed by atoms with Crippen LogP contribution in [-0.2, 0) is 4.79 Å². The summed E-state index contributed by atoms with van der Waals surface area (Å²) >= 11 is 0. The minimum absolute atomic E-state index is 0.0617. The number of amides is 1. The summed E-state index contributed by atoms with van der Waals surface area (Å²) in [6.45, 7) is 8.53. The molecule has 2 rings (SSSR count). The minimum atomic E-state index is 0.0617. The zero-order valence-electron chi connectivity index (χ0n) is 11.5. The predicted octanol–water partition coefficient (Wildman–Crippen LogP) is 2.95. The largest absolute Gasteiger partial charge is 0.365 e. The topological polar surface area (TPSA) is 54.0 Å². The Bertz CT molecular complexity index is 463. The van der Waals surface area contributed by atoms with E-state index >= 15 is 0 Å². The molecule has 0 saturated carbocycles. The standard InChI is InChI=1S/C14H21N3O/c1-9-5-6-15-13-12(9)17-11(18)7-10(16-13)8-14(2,3)4/h5-6,10H,7-8H2,1-4H3,(H,15,16)(H,17,18). The summed E-state index contributed by atoms with van der Waals surface area (Å²) in [5.41, 5.74) is 2.04. The number of aryl methyl sites for hydroxylation is 1. The fraction of sp³-hybridized carbons (Fsp3) is 0.571. The van der Waals surface area contributed by atoms with Crippen LogP contribution in [0.2, 0.25) is 0 Å². The van der Waals surface area contributed by atoms with Crippen molar-refractivity contribution >= 4 is 17.4 Å². The Morgan fingerprint density at radius 2 is 2.17 bits per heavy atom. The van der Waals surface area contributed by atoms with Gasteiger partial charge >= 0.3 is 0 Å². The van der Waals surface area contributed by atoms with Crippen LogP contribution < -0.4 is 10.6 Å². The Morgan fingerprint density at radius 1 is 1.44 bits per heavy atom. The Hall–Kier alpha value is -1.58. The number of fused-ring (bicyclic) bond motifs is 1. The lowest BCUT2D eigenvalue weighted by Crippen LogP contribution is -2.28. The highest BCUT2D eigenvalue weighted by Crippen LogP contribution is 2.31. The van der Waals surface area contributed by atoms with Gasteiger partial charge < -0.3 is 10.6 Å². The molecule has 2 heterocycles. The fourth-order valence-electron chi connectivity index (χ4n) is 2.35. The molecule has 0 bridgehead atoms. The van der Waals surface area contributed by atoms with Crippen molar-refractivity contribution in [2.75, 3.05) is 10.6 Å². The normalized spacial score (nSPS) is 19.6. The summed E-state index contributed by atoms with van der Waals surface area (Å²) < 4.78 is 0. The van der Waals surface area contributed by atoms with Crippen LogP contribution in [0.5, 0.6) is 0 Å². The molecule has 18 heavy (non-hydrogen) atoms. The zero-order chi connectivity index (χ0) is 13.3. The van der Waals surface area contributed by atoms with Gasteiger partial charge in [0.25, 0.3) is 0 Å². The quantitative estimate of drug-likeness (QED) is 0.802. The van der Waals surface area contributed by atoms with Crippen LogP contribution in [0.15, 0.2) is 12.3 Å². The smallest absolute Gasteiger partial charge is 0.226 e. The van der Waals surface area contributed by atoms with Crippen LogP contribution in [0.4, 0.5) is 11.5 Å². The fourth-order valence-corrected chi connectivity index (χ4v) is 2.35. The Morgan fingerprint density at radius 3 is 2.83 bits per heavy atom. The number of rotatable bonds is 1. The van der Waals surface area contributed by atoms with E-state index in [2.05, 4.69) is 36.4 Å². The molecule has 1 aliphatic heterocycles. The predicted molar refractivity (Wildman–Crippen MR) is 73.7 cm³/mol. The van der Waals surface area contributed by atoms with Crippen LogP contribution in [-0.4, -0.2) is 16.9 Å². The lowest BCUT2D eigenvalue weighted by atomic mass is 9.87. The molecular formula is C14H21N3O. The molecule has 4 nitrogen and oxygen atoms in total. The molecule has 1 aromatic rings. The second-order valence-corrected chi connectivity index (χ2v) is 6.21. The van der Waals surface area contributed by atoms with Gasteiger partial charge in [0.05, 0.1) is 5.69 Å². The number of anilines is 2. The monoisotopic (exact) mass is 247 g/mol. The first-order valence-electron chi connectivity index (χ1n) is 6.37. The van der Waals surface area contributed by atoms with Crippen molar-refractivity contribution < 1.29 is 4.79 Å². The van der Waals surface area contributed by atoms with Crippen LogP contribution in [0, 0.1) is 12.3 Å². The van der Waals surface area contributed by atoms with Crippen molar-refractivity contribution in [1.82, 2.24) is 4.98 Å². The van der Waals surface area contributed by atoms with Crippen molar-refractivity contribution in [2.24, 2.45) is 5.41 Å². The molecular weight excluding hydrogens is 226 g/mol. The van der Waals surface area contributed by atoms with Gasteiger partial charge in [-0.05, 0) is 30.4 Å². The number of carbonyl (C=O) groups is 1. The van der Waals surface area contributed by atoms with Crippen LogP contribution in [0.3, 0.4) is 0 Å². The van der Waals surface area contributed by atoms with Gasteiger partial charge in [-0.3, -0.25) is 4.79 Å². The van der Waals surface area contributed by atoms with Crippen molar-refractivity contribution in [3.63, 3.8) is 0 Å². The van der Waals surface area contributed by atoms with E-state index in [1.54, 1.807) is 6.20 Å². The summed E-state index contributed by atoms with van der Waals surface area (Å²) in [6, 6.07) is 2.05. The van der Waals surface area contributed by atoms with E-state index in [0.717, 1.165) is 23.5 Å². The third-order valence-corrected chi connectivity index (χ3v) is 3.06. The number of hydrogen-bond donors (Lipinski definition) is 2. The highest BCUT2D eigenvalue weighted by atomic mass is 16.1. The second-order valence-electron chi connectivity index (χ2n) is 6.21. The molecule has 4 heteroatoms. The summed E-state index contributed by atoms with van der Waals surface area (Å²) in [5.74, 6) is 0.849. The first-order chi connectivity index (χ1) is 8.35. The van der Waals surface area contributed by atoms with Crippen molar-refractivity contribution in [3.05, 3.63) is 17.8 Å². The average Bonchev–Trinajstić information content (AvgIpc) is 2.34. The number of nitrogens with one attached hydrogen (secondary N) is 2. The molecule has 0 spiro atoms. The molecule has 0 saturated heterocycles. The van der Waals surface area contributed by atoms with Gasteiger partial charge in [0.2, 0.25) is 5.91 Å². The maximum atomic E-state index is 11.9. The maximum Gasteiger partial charge on any atom is 0.226 e. The van der Waals surface area contributed by atoms with Crippen LogP contribution in [0.25, 0.3) is 0 Å². The number of carbonyl (C=O) groups excluding carboxylic acids is 1. The van der Waals surface area contributed by atoms with E-state index in [-0.39, 0.29) is 17.4 Å². The van der Waals surface area contributed by atoms with Crippen molar-refractivity contribution in [1.29, 1.82) is 0 Å². The van der Waals surface area contributed by atoms with Gasteiger partial charge in [-0.2, -0.15) is 0 Å². The van der Waals surface area contributed by atoms with Gasteiger partial charge in [0.15, 0.2) is 0 Å². The van der Waals surface area contributed by atoms with Crippen molar-refractivity contribution in [2.45, 2.75) is 46.6 Å². The van der Waals surface area contributed by atoms with Crippen LogP contribution in [0.1, 0.15) is 39.2 Å². The van der Waals surface area contributed by atoms with Crippen molar-refractivity contribution in [3.8, 4) is 0 Å². The summed E-state index contributed by atoms with van der Waals surface area (Å²) in [5, 5.41) is 6.34. The molecule has 0 aromatic carbocycles. The number of aromatic nitrogens is 1. The first-order valence-corrected chi connectivity index (χ1v) is 6.37. The molecule has 2 N–H and O–H groups in total. The number of pyridine rings is 1. The van der Waals surface area contributed by atoms with E-state index in [0.29, 0.717) is 6.42 Å². The van der Waals surface area contributed by atoms with E-state index in [1.807, 2.05) is 13.0 Å². The number of nitrogens with zero attached hydrogens (tertiary/aromatic N) is 1. The molecule has 0 fully saturated rings. The third-order valence-electron chi connectivity index (χ3n) is 3.06. The number of hydrogen-bond acceptors (Lipinski definition) is 3. The van der Waals surface area contributed by atoms with E-state index < -0.39 is 0 Å². The Balaban J connectivity index is 2.27. The van der Waals surface area contributed by atoms with Crippen LogP contribution >= 0.6 is 0 Å². The SMILES string of the molecule is Cc1ccnc2c1NC(=O)CC(CC(C)(C)C)N2. The van der Waals surface area contributed by atoms with E-state index in [1.165, 1.54) is 0 Å². The maximum absolute atomic E-state index is 11.9. The van der Waals surface area contributed by atoms with E-state index in [9.17, 15) is 4.79 Å². The molecule has 1 aromatic heterocycles. The lowest BCUT2D eigenvalue weighted by Gasteiger charge is -2.25. The van der Waals surface area contributed by atoms with Gasteiger partial charge in [0, 0.05) is 18.7 Å². The van der Waals surface area contributed by atoms with Gasteiger partial charge in [-0.15, -0.1) is 0 Å². The molecule has 1 atom stereocenters. The Labute approximate surface area is 108 Å². The molecule has 0 aliphatic carbocycles. The first kappa shape index (κ1) is 12.9. The molecule has 1 unspecified atom stereocenters. The molecule has 1 aliphatic rings. The highest BCUT2D eigenvalue weighted by molar-refractivity contribution is 5.96. The zero-order valence-corrected chi connectivity index (χ0v) is 11.5. The second kappa shape index (κ2) is 4.59. The molecule has 98 valence electrons. The minimum Gasteiger partial charge on any atom is -0.365 e. The lowest BCUT2D eigenvalue weighted by molar-refractivity contribution is -0.116. The third kappa shape index (κ3) is 3.00. The summed E-state index contributed by atoms with van der Waals surface area (Å²) in [7, 11) is 0. The molecule has 1 amide bonds. The summed E-state index contributed by atoms with van der Waals surface area (Å²) in [4.78, 5) is 16.2.